The molecule has 0 saturated heterocycles. The monoisotopic (exact) mass is 238 g/mol. The molecule has 0 saturated carbocycles. The van der Waals surface area contributed by atoms with E-state index in [1.807, 2.05) is 0 Å². The summed E-state index contributed by atoms with van der Waals surface area (Å²) < 4.78 is 0. The van der Waals surface area contributed by atoms with Crippen molar-refractivity contribution >= 4 is 24.0 Å². The van der Waals surface area contributed by atoms with Crippen molar-refractivity contribution in [3.05, 3.63) is 12.4 Å². The maximum absolute atomic E-state index is 6.19. The molecule has 1 rings (SSSR count). The van der Waals surface area contributed by atoms with Crippen LogP contribution in [-0.4, -0.2) is 35.4 Å². The molecule has 1 aliphatic heterocycles. The van der Waals surface area contributed by atoms with Gasteiger partial charge in [-0.3, -0.25) is 0 Å². The maximum Gasteiger partial charge on any atom is 0.0891 e. The van der Waals surface area contributed by atoms with Gasteiger partial charge in [0.1, 0.15) is 0 Å². The van der Waals surface area contributed by atoms with Gasteiger partial charge in [-0.05, 0) is 6.42 Å². The van der Waals surface area contributed by atoms with Gasteiger partial charge in [0.05, 0.1) is 12.0 Å². The summed E-state index contributed by atoms with van der Waals surface area (Å²) in [7, 11) is 2.08. The predicted molar refractivity (Wildman–Crippen MR) is 64.9 cm³/mol. The van der Waals surface area contributed by atoms with Crippen molar-refractivity contribution in [3.8, 4) is 0 Å². The van der Waals surface area contributed by atoms with Crippen molar-refractivity contribution < 1.29 is 0 Å². The molecule has 1 unspecified atom stereocenters. The van der Waals surface area contributed by atoms with Crippen LogP contribution in [0.2, 0.25) is 0 Å². The van der Waals surface area contributed by atoms with Gasteiger partial charge in [0, 0.05) is 26.0 Å². The van der Waals surface area contributed by atoms with Crippen LogP contribution in [0.4, 0.5) is 0 Å². The minimum atomic E-state index is 0. The molecule has 0 aliphatic carbocycles. The number of hydrogen-bond donors (Lipinski definition) is 0. The molecule has 0 fully saturated rings. The molecule has 1 heterocycles. The van der Waals surface area contributed by atoms with Gasteiger partial charge < -0.3 is 9.80 Å². The Morgan fingerprint density at radius 3 is 2.64 bits per heavy atom. The molecule has 0 spiro atoms. The number of nitrogens with zero attached hydrogens (tertiary/aromatic N) is 2. The summed E-state index contributed by atoms with van der Waals surface area (Å²) in [5.41, 5.74) is 0. The molecule has 1 atom stereocenters. The topological polar surface area (TPSA) is 6.48 Å². The number of rotatable bonds is 5. The van der Waals surface area contributed by atoms with E-state index in [-0.39, 0.29) is 12.4 Å². The molecule has 0 N–H and O–H groups in total. The van der Waals surface area contributed by atoms with Gasteiger partial charge in [0.2, 0.25) is 0 Å². The van der Waals surface area contributed by atoms with E-state index in [0.717, 1.165) is 19.6 Å². The lowest BCUT2D eigenvalue weighted by atomic mass is 10.2. The van der Waals surface area contributed by atoms with Gasteiger partial charge >= 0.3 is 0 Å². The summed E-state index contributed by atoms with van der Waals surface area (Å²) in [5.74, 6) is 0. The van der Waals surface area contributed by atoms with Crippen molar-refractivity contribution in [1.29, 1.82) is 0 Å². The number of hydrogen-bond acceptors (Lipinski definition) is 2. The van der Waals surface area contributed by atoms with Gasteiger partial charge in [0.25, 0.3) is 0 Å². The molecule has 2 nitrogen and oxygen atoms in total. The zero-order chi connectivity index (χ0) is 9.68. The van der Waals surface area contributed by atoms with Crippen molar-refractivity contribution in [2.45, 2.75) is 31.6 Å². The van der Waals surface area contributed by atoms with Crippen molar-refractivity contribution in [3.63, 3.8) is 0 Å². The molecular formula is C10H20Cl2N2. The lowest BCUT2D eigenvalue weighted by molar-refractivity contribution is 0.293. The van der Waals surface area contributed by atoms with Crippen LogP contribution in [0.15, 0.2) is 12.4 Å². The first-order valence-corrected chi connectivity index (χ1v) is 5.42. The Morgan fingerprint density at radius 2 is 2.14 bits per heavy atom. The summed E-state index contributed by atoms with van der Waals surface area (Å²) in [4.78, 5) is 4.41. The first-order chi connectivity index (χ1) is 6.22. The molecule has 0 aromatic rings. The molecule has 1 aliphatic rings. The average Bonchev–Trinajstić information content (AvgIpc) is 2.48. The van der Waals surface area contributed by atoms with Crippen LogP contribution in [0.25, 0.3) is 0 Å². The smallest absolute Gasteiger partial charge is 0.0891 e. The number of alkyl halides is 1. The minimum absolute atomic E-state index is 0. The summed E-state index contributed by atoms with van der Waals surface area (Å²) in [6, 6.07) is 0. The Balaban J connectivity index is 0.00000169. The van der Waals surface area contributed by atoms with E-state index >= 15 is 0 Å². The lowest BCUT2D eigenvalue weighted by Crippen LogP contribution is -2.28. The van der Waals surface area contributed by atoms with Crippen LogP contribution >= 0.6 is 24.0 Å². The van der Waals surface area contributed by atoms with Gasteiger partial charge in [-0.25, -0.2) is 0 Å². The Hall–Kier alpha value is -0.0800. The summed E-state index contributed by atoms with van der Waals surface area (Å²) >= 11 is 6.19. The third-order valence-electron chi connectivity index (χ3n) is 2.24. The predicted octanol–water partition coefficient (Wildman–Crippen LogP) is 2.88. The Bertz CT molecular complexity index is 174. The van der Waals surface area contributed by atoms with E-state index in [1.165, 1.54) is 12.8 Å². The zero-order valence-electron chi connectivity index (χ0n) is 8.95. The molecule has 0 bridgehead atoms. The van der Waals surface area contributed by atoms with E-state index in [0.29, 0.717) is 5.38 Å². The number of halogens is 2. The van der Waals surface area contributed by atoms with Gasteiger partial charge in [-0.1, -0.05) is 19.8 Å². The minimum Gasteiger partial charge on any atom is -0.362 e. The highest BCUT2D eigenvalue weighted by Gasteiger charge is 2.12. The van der Waals surface area contributed by atoms with Crippen LogP contribution < -0.4 is 0 Å². The van der Waals surface area contributed by atoms with Crippen molar-refractivity contribution in [2.75, 3.05) is 20.3 Å². The standard InChI is InChI=1S/C10H19ClN2.ClH/c1-3-4-5-10(11)8-13-7-6-12(2)9-13;/h6-7,10H,3-5,8-9H2,1-2H3;1H. The van der Waals surface area contributed by atoms with E-state index in [1.54, 1.807) is 0 Å². The summed E-state index contributed by atoms with van der Waals surface area (Å²) in [6.07, 6.45) is 7.80. The molecule has 0 aromatic carbocycles. The summed E-state index contributed by atoms with van der Waals surface area (Å²) in [6.45, 7) is 4.16. The molecule has 84 valence electrons. The van der Waals surface area contributed by atoms with E-state index < -0.39 is 0 Å². The average molecular weight is 239 g/mol. The highest BCUT2D eigenvalue weighted by molar-refractivity contribution is 6.20. The maximum atomic E-state index is 6.19. The van der Waals surface area contributed by atoms with Crippen LogP contribution in [0.5, 0.6) is 0 Å². The Kier molecular flexibility index (Phi) is 7.20. The Labute approximate surface area is 98.3 Å². The highest BCUT2D eigenvalue weighted by Crippen LogP contribution is 2.12. The fourth-order valence-electron chi connectivity index (χ4n) is 1.48. The fraction of sp³-hybridized carbons (Fsp3) is 0.800. The van der Waals surface area contributed by atoms with Crippen molar-refractivity contribution in [2.24, 2.45) is 0 Å². The second-order valence-electron chi connectivity index (χ2n) is 3.71. The van der Waals surface area contributed by atoms with Gasteiger partial charge in [-0.15, -0.1) is 24.0 Å². The van der Waals surface area contributed by atoms with E-state index in [4.69, 9.17) is 11.6 Å². The molecule has 0 amide bonds. The first kappa shape index (κ1) is 13.9. The lowest BCUT2D eigenvalue weighted by Gasteiger charge is -2.20. The highest BCUT2D eigenvalue weighted by atomic mass is 35.5. The Morgan fingerprint density at radius 1 is 1.43 bits per heavy atom. The molecule has 0 radical (unpaired) electrons. The van der Waals surface area contributed by atoms with Crippen molar-refractivity contribution in [1.82, 2.24) is 9.80 Å². The van der Waals surface area contributed by atoms with E-state index in [2.05, 4.69) is 36.2 Å². The number of unbranched alkanes of at least 4 members (excludes halogenated alkanes) is 1. The molecule has 0 aromatic heterocycles. The summed E-state index contributed by atoms with van der Waals surface area (Å²) in [5, 5.41) is 0.302. The van der Waals surface area contributed by atoms with Crippen LogP contribution in [0, 0.1) is 0 Å². The second-order valence-corrected chi connectivity index (χ2v) is 4.32. The zero-order valence-corrected chi connectivity index (χ0v) is 10.5. The normalized spacial score (nSPS) is 17.1. The van der Waals surface area contributed by atoms with Gasteiger partial charge in [0.15, 0.2) is 0 Å². The second kappa shape index (κ2) is 7.24. The molecule has 4 heteroatoms. The first-order valence-electron chi connectivity index (χ1n) is 4.99. The van der Waals surface area contributed by atoms with Crippen LogP contribution in [0.1, 0.15) is 26.2 Å². The van der Waals surface area contributed by atoms with Crippen LogP contribution in [0.3, 0.4) is 0 Å². The fourth-order valence-corrected chi connectivity index (χ4v) is 1.81. The third-order valence-corrected chi connectivity index (χ3v) is 2.60. The molecule has 14 heavy (non-hydrogen) atoms. The molecular weight excluding hydrogens is 219 g/mol. The van der Waals surface area contributed by atoms with Crippen LogP contribution in [-0.2, 0) is 0 Å². The SMILES string of the molecule is CCCCC(Cl)CN1C=CN(C)C1.Cl. The van der Waals surface area contributed by atoms with Gasteiger partial charge in [-0.2, -0.15) is 0 Å². The quantitative estimate of drug-likeness (QED) is 0.680. The van der Waals surface area contributed by atoms with E-state index in [9.17, 15) is 0 Å². The third kappa shape index (κ3) is 4.97. The largest absolute Gasteiger partial charge is 0.362 e.